The van der Waals surface area contributed by atoms with Crippen LogP contribution in [-0.4, -0.2) is 17.6 Å². The fourth-order valence-corrected chi connectivity index (χ4v) is 2.81. The number of nitrogens with zero attached hydrogens (tertiary/aromatic N) is 4. The van der Waals surface area contributed by atoms with Crippen molar-refractivity contribution in [3.05, 3.63) is 86.3 Å². The second kappa shape index (κ2) is 7.08. The number of aromatic nitrogens is 1. The molecule has 0 unspecified atom stereocenters. The monoisotopic (exact) mass is 352 g/mol. The number of carbonyl (C=O) groups excluding carboxylic acids is 1. The van der Waals surface area contributed by atoms with E-state index in [2.05, 4.69) is 10.0 Å². The van der Waals surface area contributed by atoms with Crippen molar-refractivity contribution < 1.29 is 13.9 Å². The van der Waals surface area contributed by atoms with Gasteiger partial charge in [-0.1, -0.05) is 23.3 Å². The second-order valence-corrected chi connectivity index (χ2v) is 5.37. The highest BCUT2D eigenvalue weighted by Gasteiger charge is 2.23. The third-order valence-electron chi connectivity index (χ3n) is 3.91. The summed E-state index contributed by atoms with van der Waals surface area (Å²) in [6.45, 7) is -0.333. The predicted molar refractivity (Wildman–Crippen MR) is 93.7 cm³/mol. The maximum atomic E-state index is 13.9. The Morgan fingerprint density at radius 2 is 2.00 bits per heavy atom. The summed E-state index contributed by atoms with van der Waals surface area (Å²) in [6, 6.07) is 12.4. The predicted octanol–water partition coefficient (Wildman–Crippen LogP) is 3.73. The first-order valence-electron chi connectivity index (χ1n) is 7.60. The first-order valence-corrected chi connectivity index (χ1v) is 7.60. The minimum absolute atomic E-state index is 0.0161. The van der Waals surface area contributed by atoms with Gasteiger partial charge < -0.3 is 9.30 Å². The Kier molecular flexibility index (Phi) is 4.68. The quantitative estimate of drug-likeness (QED) is 0.310. The molecule has 0 aliphatic heterocycles. The molecule has 26 heavy (non-hydrogen) atoms. The zero-order chi connectivity index (χ0) is 18.7. The van der Waals surface area contributed by atoms with Crippen molar-refractivity contribution in [1.29, 1.82) is 0 Å². The molecule has 1 heterocycles. The van der Waals surface area contributed by atoms with Crippen LogP contribution in [0.3, 0.4) is 0 Å². The molecule has 0 spiro atoms. The number of esters is 1. The van der Waals surface area contributed by atoms with Crippen LogP contribution in [0.2, 0.25) is 0 Å². The molecule has 0 N–H and O–H groups in total. The molecular formula is C18H13FN4O3. The number of hydrogen-bond acceptors (Lipinski definition) is 4. The van der Waals surface area contributed by atoms with Crippen LogP contribution in [0, 0.1) is 5.82 Å². The number of methoxy groups -OCH3 is 1. The van der Waals surface area contributed by atoms with Gasteiger partial charge in [-0.15, -0.1) is 0 Å². The number of para-hydroxylation sites is 1. The molecule has 0 bridgehead atoms. The molecule has 8 heteroatoms. The van der Waals surface area contributed by atoms with Crippen LogP contribution in [0.15, 0.2) is 58.4 Å². The number of azide groups is 1. The van der Waals surface area contributed by atoms with Crippen molar-refractivity contribution in [2.75, 3.05) is 7.11 Å². The molecule has 0 saturated heterocycles. The number of halogens is 1. The van der Waals surface area contributed by atoms with Crippen LogP contribution < -0.4 is 5.43 Å². The molecule has 3 aromatic rings. The number of hydrogen-bond donors (Lipinski definition) is 0. The first-order chi connectivity index (χ1) is 12.6. The Morgan fingerprint density at radius 1 is 1.27 bits per heavy atom. The number of rotatable bonds is 4. The van der Waals surface area contributed by atoms with Gasteiger partial charge in [0.25, 0.3) is 0 Å². The van der Waals surface area contributed by atoms with E-state index in [0.717, 1.165) is 6.07 Å². The summed E-state index contributed by atoms with van der Waals surface area (Å²) in [4.78, 5) is 28.0. The maximum absolute atomic E-state index is 13.9. The van der Waals surface area contributed by atoms with Crippen molar-refractivity contribution in [1.82, 2.24) is 4.57 Å². The van der Waals surface area contributed by atoms with Gasteiger partial charge in [-0.05, 0) is 35.9 Å². The van der Waals surface area contributed by atoms with Crippen molar-refractivity contribution >= 4 is 16.9 Å². The fraction of sp³-hybridized carbons (Fsp3) is 0.111. The van der Waals surface area contributed by atoms with Crippen LogP contribution in [0.5, 0.6) is 0 Å². The summed E-state index contributed by atoms with van der Waals surface area (Å²) in [5.41, 5.74) is 8.74. The summed E-state index contributed by atoms with van der Waals surface area (Å²) in [5.74, 6) is -1.35. The van der Waals surface area contributed by atoms with Gasteiger partial charge >= 0.3 is 5.97 Å². The van der Waals surface area contributed by atoms with Gasteiger partial charge in [0.05, 0.1) is 19.2 Å². The topological polar surface area (TPSA) is 97.1 Å². The van der Waals surface area contributed by atoms with Crippen molar-refractivity contribution in [2.45, 2.75) is 6.54 Å². The number of pyridine rings is 1. The van der Waals surface area contributed by atoms with Gasteiger partial charge in [0, 0.05) is 21.5 Å². The van der Waals surface area contributed by atoms with E-state index in [-0.39, 0.29) is 28.7 Å². The van der Waals surface area contributed by atoms with E-state index in [1.165, 1.54) is 23.8 Å². The number of benzene rings is 2. The molecule has 0 aliphatic carbocycles. The summed E-state index contributed by atoms with van der Waals surface area (Å²) in [7, 11) is 1.18. The zero-order valence-corrected chi connectivity index (χ0v) is 13.7. The Labute approximate surface area is 146 Å². The summed E-state index contributed by atoms with van der Waals surface area (Å²) < 4.78 is 20.1. The highest BCUT2D eigenvalue weighted by atomic mass is 19.1. The fourth-order valence-electron chi connectivity index (χ4n) is 2.81. The summed E-state index contributed by atoms with van der Waals surface area (Å²) in [5, 5.41) is 3.62. The van der Waals surface area contributed by atoms with Gasteiger partial charge in [0.15, 0.2) is 5.43 Å². The van der Waals surface area contributed by atoms with E-state index >= 15 is 0 Å². The Morgan fingerprint density at radius 3 is 2.65 bits per heavy atom. The molecule has 2 aromatic carbocycles. The molecule has 0 saturated carbocycles. The lowest BCUT2D eigenvalue weighted by atomic mass is 10.1. The lowest BCUT2D eigenvalue weighted by Crippen LogP contribution is -2.24. The van der Waals surface area contributed by atoms with Crippen molar-refractivity contribution in [3.63, 3.8) is 0 Å². The average Bonchev–Trinajstić information content (AvgIpc) is 2.67. The third kappa shape index (κ3) is 2.89. The normalized spacial score (nSPS) is 10.4. The molecule has 1 aromatic heterocycles. The number of carbonyl (C=O) groups is 1. The van der Waals surface area contributed by atoms with E-state index in [1.807, 2.05) is 0 Å². The van der Waals surface area contributed by atoms with E-state index in [0.29, 0.717) is 5.69 Å². The zero-order valence-electron chi connectivity index (χ0n) is 13.7. The Hall–Kier alpha value is -3.64. The number of ether oxygens (including phenoxy) is 1. The molecule has 0 fully saturated rings. The summed E-state index contributed by atoms with van der Waals surface area (Å²) >= 11 is 0. The summed E-state index contributed by atoms with van der Waals surface area (Å²) in [6.07, 6.45) is 0. The third-order valence-corrected chi connectivity index (χ3v) is 3.91. The molecule has 0 aliphatic rings. The highest BCUT2D eigenvalue weighted by molar-refractivity contribution is 5.95. The highest BCUT2D eigenvalue weighted by Crippen LogP contribution is 2.24. The molecule has 0 amide bonds. The van der Waals surface area contributed by atoms with E-state index < -0.39 is 17.2 Å². The van der Waals surface area contributed by atoms with Crippen molar-refractivity contribution in [3.8, 4) is 5.69 Å². The lowest BCUT2D eigenvalue weighted by Gasteiger charge is -2.18. The smallest absolute Gasteiger partial charge is 0.355 e. The SMILES string of the molecule is COC(=O)c1c(CN=[N+]=[N-])c(=O)c2ccc(F)cc2n1-c1ccccc1. The van der Waals surface area contributed by atoms with Crippen molar-refractivity contribution in [2.24, 2.45) is 5.11 Å². The molecule has 7 nitrogen and oxygen atoms in total. The standard InChI is InChI=1S/C18H13FN4O3/c1-26-18(25)16-14(10-21-22-20)17(24)13-8-7-11(19)9-15(13)23(16)12-5-3-2-4-6-12/h2-9H,10H2,1H3. The van der Waals surface area contributed by atoms with Crippen LogP contribution in [-0.2, 0) is 11.3 Å². The minimum atomic E-state index is -0.791. The number of fused-ring (bicyclic) bond motifs is 1. The molecule has 0 atom stereocenters. The Bertz CT molecular complexity index is 1100. The van der Waals surface area contributed by atoms with Gasteiger partial charge in [-0.2, -0.15) is 0 Å². The molecular weight excluding hydrogens is 339 g/mol. The van der Waals surface area contributed by atoms with E-state index in [4.69, 9.17) is 10.3 Å². The van der Waals surface area contributed by atoms with E-state index in [1.54, 1.807) is 30.3 Å². The minimum Gasteiger partial charge on any atom is -0.464 e. The van der Waals surface area contributed by atoms with Crippen LogP contribution >= 0.6 is 0 Å². The molecule has 0 radical (unpaired) electrons. The molecule has 3 rings (SSSR count). The lowest BCUT2D eigenvalue weighted by molar-refractivity contribution is 0.0589. The molecule has 130 valence electrons. The maximum Gasteiger partial charge on any atom is 0.355 e. The largest absolute Gasteiger partial charge is 0.464 e. The van der Waals surface area contributed by atoms with Crippen LogP contribution in [0.4, 0.5) is 4.39 Å². The van der Waals surface area contributed by atoms with Gasteiger partial charge in [0.2, 0.25) is 0 Å². The second-order valence-electron chi connectivity index (χ2n) is 5.37. The van der Waals surface area contributed by atoms with Gasteiger partial charge in [-0.3, -0.25) is 4.79 Å². The van der Waals surface area contributed by atoms with Crippen LogP contribution in [0.25, 0.3) is 27.0 Å². The Balaban J connectivity index is 2.56. The van der Waals surface area contributed by atoms with Gasteiger partial charge in [-0.25, -0.2) is 9.18 Å². The average molecular weight is 352 g/mol. The van der Waals surface area contributed by atoms with Crippen LogP contribution in [0.1, 0.15) is 16.1 Å². The van der Waals surface area contributed by atoms with E-state index in [9.17, 15) is 14.0 Å². The first kappa shape index (κ1) is 17.2. The van der Waals surface area contributed by atoms with Gasteiger partial charge in [0.1, 0.15) is 11.5 Å².